The fraction of sp³-hybridized carbons (Fsp3) is 0.609. The molecule has 2 aliphatic rings. The maximum atomic E-state index is 13.4. The van der Waals surface area contributed by atoms with Crippen LogP contribution < -0.4 is 11.1 Å². The van der Waals surface area contributed by atoms with Crippen LogP contribution in [0.2, 0.25) is 5.02 Å². The second-order valence-electron chi connectivity index (χ2n) is 9.50. The Kier molecular flexibility index (Phi) is 7.68. The molecule has 2 unspecified atom stereocenters. The Labute approximate surface area is 198 Å². The first-order valence-electron chi connectivity index (χ1n) is 11.1. The minimum Gasteiger partial charge on any atom is -0.477 e. The summed E-state index contributed by atoms with van der Waals surface area (Å²) >= 11 is 6.10. The van der Waals surface area contributed by atoms with Gasteiger partial charge in [-0.25, -0.2) is 4.99 Å². The van der Waals surface area contributed by atoms with Gasteiger partial charge < -0.3 is 30.9 Å². The van der Waals surface area contributed by atoms with E-state index in [1.54, 1.807) is 11.0 Å². The number of amides is 2. The standard InChI is InChI=1S/C23H33ClN4O5/c1-14(25)19(30)26-18(22(2,3)32)21(31)28-9-5-8-17(28)20-27-23(12-29,13-33-20)11-15-6-4-7-16(24)10-15/h4,6-7,10,14,17-18,29,32H,5,8-9,11-13,25H2,1-3H3,(H,26,30)/t14?,17-,18?,23-/m0/s1. The van der Waals surface area contributed by atoms with Crippen molar-refractivity contribution in [3.63, 3.8) is 0 Å². The van der Waals surface area contributed by atoms with Gasteiger partial charge in [0, 0.05) is 18.0 Å². The van der Waals surface area contributed by atoms with Gasteiger partial charge in [0.1, 0.15) is 24.2 Å². The molecule has 1 saturated heterocycles. The Balaban J connectivity index is 1.82. The molecule has 5 N–H and O–H groups in total. The van der Waals surface area contributed by atoms with E-state index in [2.05, 4.69) is 5.32 Å². The molecule has 2 amide bonds. The molecule has 3 rings (SSSR count). The summed E-state index contributed by atoms with van der Waals surface area (Å²) in [6.45, 7) is 4.84. The highest BCUT2D eigenvalue weighted by Crippen LogP contribution is 2.30. The molecule has 9 nitrogen and oxygen atoms in total. The third-order valence-corrected chi connectivity index (χ3v) is 6.26. The lowest BCUT2D eigenvalue weighted by atomic mass is 9.93. The molecule has 1 aromatic rings. The number of aliphatic imine (C=N–C) groups is 1. The Bertz CT molecular complexity index is 916. The fourth-order valence-electron chi connectivity index (χ4n) is 4.20. The zero-order valence-electron chi connectivity index (χ0n) is 19.3. The van der Waals surface area contributed by atoms with Crippen molar-refractivity contribution in [2.24, 2.45) is 10.7 Å². The number of aliphatic hydroxyl groups is 2. The molecular formula is C23H33ClN4O5. The predicted octanol–water partition coefficient (Wildman–Crippen LogP) is 0.636. The molecule has 2 heterocycles. The van der Waals surface area contributed by atoms with E-state index in [-0.39, 0.29) is 13.2 Å². The summed E-state index contributed by atoms with van der Waals surface area (Å²) in [7, 11) is 0. The first-order valence-corrected chi connectivity index (χ1v) is 11.5. The first-order chi connectivity index (χ1) is 15.5. The van der Waals surface area contributed by atoms with Crippen molar-refractivity contribution in [2.45, 2.75) is 69.3 Å². The lowest BCUT2D eigenvalue weighted by Crippen LogP contribution is -2.61. The molecular weight excluding hydrogens is 448 g/mol. The molecule has 4 atom stereocenters. The highest BCUT2D eigenvalue weighted by molar-refractivity contribution is 6.30. The molecule has 0 aromatic heterocycles. The number of carbonyl (C=O) groups is 2. The fourth-order valence-corrected chi connectivity index (χ4v) is 4.41. The van der Waals surface area contributed by atoms with Gasteiger partial charge in [-0.1, -0.05) is 23.7 Å². The number of halogens is 1. The van der Waals surface area contributed by atoms with Crippen molar-refractivity contribution in [1.29, 1.82) is 0 Å². The molecule has 0 aliphatic carbocycles. The van der Waals surface area contributed by atoms with Crippen LogP contribution in [0, 0.1) is 0 Å². The van der Waals surface area contributed by atoms with E-state index in [1.807, 2.05) is 18.2 Å². The van der Waals surface area contributed by atoms with Gasteiger partial charge in [0.2, 0.25) is 17.7 Å². The molecule has 1 fully saturated rings. The minimum absolute atomic E-state index is 0.181. The van der Waals surface area contributed by atoms with Gasteiger partial charge in [0.05, 0.1) is 18.2 Å². The quantitative estimate of drug-likeness (QED) is 0.430. The Morgan fingerprint density at radius 2 is 2.18 bits per heavy atom. The molecule has 0 radical (unpaired) electrons. The molecule has 0 saturated carbocycles. The van der Waals surface area contributed by atoms with E-state index < -0.39 is 41.1 Å². The van der Waals surface area contributed by atoms with Gasteiger partial charge in [-0.3, -0.25) is 9.59 Å². The molecule has 2 aliphatic heterocycles. The summed E-state index contributed by atoms with van der Waals surface area (Å²) in [5, 5.41) is 23.9. The summed E-state index contributed by atoms with van der Waals surface area (Å²) in [6.07, 6.45) is 1.78. The van der Waals surface area contributed by atoms with E-state index in [4.69, 9.17) is 27.1 Å². The Morgan fingerprint density at radius 1 is 1.45 bits per heavy atom. The van der Waals surface area contributed by atoms with Gasteiger partial charge in [0.15, 0.2) is 0 Å². The monoisotopic (exact) mass is 480 g/mol. The summed E-state index contributed by atoms with van der Waals surface area (Å²) in [5.41, 5.74) is 4.19. The normalized spacial score (nSPS) is 24.8. The molecule has 33 heavy (non-hydrogen) atoms. The number of benzene rings is 1. The average molecular weight is 481 g/mol. The van der Waals surface area contributed by atoms with Crippen molar-refractivity contribution < 1.29 is 24.5 Å². The molecule has 182 valence electrons. The lowest BCUT2D eigenvalue weighted by molar-refractivity contribution is -0.143. The van der Waals surface area contributed by atoms with Crippen LogP contribution in [0.4, 0.5) is 0 Å². The maximum Gasteiger partial charge on any atom is 0.248 e. The number of aliphatic hydroxyl groups excluding tert-OH is 1. The molecule has 0 bridgehead atoms. The molecule has 10 heteroatoms. The van der Waals surface area contributed by atoms with Crippen LogP contribution in [0.3, 0.4) is 0 Å². The van der Waals surface area contributed by atoms with Crippen LogP contribution in [0.15, 0.2) is 29.3 Å². The average Bonchev–Trinajstić information content (AvgIpc) is 3.38. The summed E-state index contributed by atoms with van der Waals surface area (Å²) in [6, 6.07) is 4.92. The maximum absolute atomic E-state index is 13.4. The third kappa shape index (κ3) is 5.84. The van der Waals surface area contributed by atoms with E-state index in [9.17, 15) is 19.8 Å². The van der Waals surface area contributed by atoms with E-state index in [0.29, 0.717) is 30.3 Å². The van der Waals surface area contributed by atoms with Crippen molar-refractivity contribution in [1.82, 2.24) is 10.2 Å². The van der Waals surface area contributed by atoms with Gasteiger partial charge >= 0.3 is 0 Å². The highest BCUT2D eigenvalue weighted by atomic mass is 35.5. The van der Waals surface area contributed by atoms with Crippen LogP contribution in [0.5, 0.6) is 0 Å². The first kappa shape index (κ1) is 25.4. The number of ether oxygens (including phenoxy) is 1. The third-order valence-electron chi connectivity index (χ3n) is 6.03. The zero-order valence-corrected chi connectivity index (χ0v) is 20.0. The SMILES string of the molecule is CC(N)C(=O)NC(C(=O)N1CCC[C@H]1C1=N[C@](CO)(Cc2cccc(Cl)c2)CO1)C(C)(C)O. The van der Waals surface area contributed by atoms with E-state index in [1.165, 1.54) is 20.8 Å². The number of hydrogen-bond acceptors (Lipinski definition) is 7. The van der Waals surface area contributed by atoms with E-state index in [0.717, 1.165) is 12.0 Å². The summed E-state index contributed by atoms with van der Waals surface area (Å²) in [5.74, 6) is -0.576. The minimum atomic E-state index is -1.51. The van der Waals surface area contributed by atoms with Crippen molar-refractivity contribution >= 4 is 29.3 Å². The zero-order chi connectivity index (χ0) is 24.4. The van der Waals surface area contributed by atoms with Gasteiger partial charge in [0.25, 0.3) is 0 Å². The number of nitrogens with two attached hydrogens (primary N) is 1. The summed E-state index contributed by atoms with van der Waals surface area (Å²) < 4.78 is 5.90. The van der Waals surface area contributed by atoms with Gasteiger partial charge in [-0.05, 0) is 51.3 Å². The number of nitrogens with zero attached hydrogens (tertiary/aromatic N) is 2. The van der Waals surface area contributed by atoms with Crippen molar-refractivity contribution in [3.05, 3.63) is 34.9 Å². The second kappa shape index (κ2) is 9.97. The van der Waals surface area contributed by atoms with Crippen molar-refractivity contribution in [2.75, 3.05) is 19.8 Å². The van der Waals surface area contributed by atoms with Crippen LogP contribution in [0.1, 0.15) is 39.2 Å². The van der Waals surface area contributed by atoms with Gasteiger partial charge in [-0.2, -0.15) is 0 Å². The second-order valence-corrected chi connectivity index (χ2v) is 9.94. The summed E-state index contributed by atoms with van der Waals surface area (Å²) in [4.78, 5) is 31.9. The highest BCUT2D eigenvalue weighted by Gasteiger charge is 2.46. The number of hydrogen-bond donors (Lipinski definition) is 4. The van der Waals surface area contributed by atoms with E-state index >= 15 is 0 Å². The topological polar surface area (TPSA) is 137 Å². The van der Waals surface area contributed by atoms with Crippen LogP contribution >= 0.6 is 11.6 Å². The van der Waals surface area contributed by atoms with Crippen molar-refractivity contribution in [3.8, 4) is 0 Å². The number of likely N-dealkylation sites (tertiary alicyclic amines) is 1. The van der Waals surface area contributed by atoms with Crippen LogP contribution in [-0.4, -0.2) is 81.8 Å². The van der Waals surface area contributed by atoms with Gasteiger partial charge in [-0.15, -0.1) is 0 Å². The Morgan fingerprint density at radius 3 is 2.79 bits per heavy atom. The molecule has 1 aromatic carbocycles. The molecule has 0 spiro atoms. The Hall–Kier alpha value is -2.20. The predicted molar refractivity (Wildman–Crippen MR) is 125 cm³/mol. The largest absolute Gasteiger partial charge is 0.477 e. The number of carbonyl (C=O) groups excluding carboxylic acids is 2. The lowest BCUT2D eigenvalue weighted by Gasteiger charge is -2.34. The van der Waals surface area contributed by atoms with Crippen LogP contribution in [0.25, 0.3) is 0 Å². The van der Waals surface area contributed by atoms with Crippen LogP contribution in [-0.2, 0) is 20.7 Å². The smallest absolute Gasteiger partial charge is 0.248 e. The number of nitrogens with one attached hydrogen (secondary N) is 1. The number of rotatable bonds is 8.